The summed E-state index contributed by atoms with van der Waals surface area (Å²) in [6, 6.07) is 5.68. The van der Waals surface area contributed by atoms with Crippen molar-refractivity contribution in [3.05, 3.63) is 28.2 Å². The molecule has 88 valence electrons. The standard InChI is InChI=1S/C12H15BrO3/c1-2-7-16-11-5-3-9(8-10(11)13)4-6-12(14)15/h3,5,8H,2,4,6-7H2,1H3,(H,14,15). The maximum atomic E-state index is 10.4. The molecule has 0 aliphatic rings. The number of carboxylic acids is 1. The Balaban J connectivity index is 2.63. The highest BCUT2D eigenvalue weighted by molar-refractivity contribution is 9.10. The van der Waals surface area contributed by atoms with Crippen LogP contribution in [0.2, 0.25) is 0 Å². The third kappa shape index (κ3) is 4.23. The molecule has 0 aromatic heterocycles. The average Bonchev–Trinajstić information content (AvgIpc) is 2.25. The van der Waals surface area contributed by atoms with E-state index in [1.807, 2.05) is 18.2 Å². The molecule has 0 aliphatic carbocycles. The molecule has 0 unspecified atom stereocenters. The summed E-state index contributed by atoms with van der Waals surface area (Å²) in [4.78, 5) is 10.4. The normalized spacial score (nSPS) is 10.1. The molecule has 0 bridgehead atoms. The minimum absolute atomic E-state index is 0.154. The molecule has 0 aliphatic heterocycles. The zero-order valence-corrected chi connectivity index (χ0v) is 10.8. The van der Waals surface area contributed by atoms with Crippen LogP contribution in [0.3, 0.4) is 0 Å². The van der Waals surface area contributed by atoms with Gasteiger partial charge in [-0.25, -0.2) is 0 Å². The molecule has 3 nitrogen and oxygen atoms in total. The van der Waals surface area contributed by atoms with Crippen LogP contribution in [0.25, 0.3) is 0 Å². The first-order chi connectivity index (χ1) is 7.63. The summed E-state index contributed by atoms with van der Waals surface area (Å²) >= 11 is 3.41. The van der Waals surface area contributed by atoms with Gasteiger partial charge < -0.3 is 9.84 Å². The van der Waals surface area contributed by atoms with E-state index in [9.17, 15) is 4.79 Å². The second-order valence-electron chi connectivity index (χ2n) is 3.51. The Labute approximate surface area is 104 Å². The summed E-state index contributed by atoms with van der Waals surface area (Å²) in [5.41, 5.74) is 0.998. The summed E-state index contributed by atoms with van der Waals surface area (Å²) < 4.78 is 6.38. The predicted molar refractivity (Wildman–Crippen MR) is 65.9 cm³/mol. The molecule has 1 aromatic carbocycles. The van der Waals surface area contributed by atoms with E-state index in [0.717, 1.165) is 22.2 Å². The first-order valence-electron chi connectivity index (χ1n) is 5.26. The summed E-state index contributed by atoms with van der Waals surface area (Å²) in [5, 5.41) is 8.58. The largest absolute Gasteiger partial charge is 0.492 e. The third-order valence-corrected chi connectivity index (χ3v) is 2.71. The lowest BCUT2D eigenvalue weighted by molar-refractivity contribution is -0.136. The molecule has 1 rings (SSSR count). The van der Waals surface area contributed by atoms with Crippen LogP contribution in [0.4, 0.5) is 0 Å². The Bertz CT molecular complexity index is 363. The maximum Gasteiger partial charge on any atom is 0.303 e. The fourth-order valence-corrected chi connectivity index (χ4v) is 1.82. The van der Waals surface area contributed by atoms with Crippen molar-refractivity contribution in [1.82, 2.24) is 0 Å². The second-order valence-corrected chi connectivity index (χ2v) is 4.36. The molecule has 4 heteroatoms. The highest BCUT2D eigenvalue weighted by atomic mass is 79.9. The van der Waals surface area contributed by atoms with Gasteiger partial charge in [-0.1, -0.05) is 13.0 Å². The van der Waals surface area contributed by atoms with Gasteiger partial charge in [-0.15, -0.1) is 0 Å². The summed E-state index contributed by atoms with van der Waals surface area (Å²) in [5.74, 6) is 0.0309. The van der Waals surface area contributed by atoms with Gasteiger partial charge in [0.05, 0.1) is 11.1 Å². The van der Waals surface area contributed by atoms with E-state index in [2.05, 4.69) is 22.9 Å². The number of hydrogen-bond donors (Lipinski definition) is 1. The summed E-state index contributed by atoms with van der Waals surface area (Å²) in [7, 11) is 0. The second kappa shape index (κ2) is 6.53. The lowest BCUT2D eigenvalue weighted by Crippen LogP contribution is -1.99. The van der Waals surface area contributed by atoms with Gasteiger partial charge in [-0.3, -0.25) is 4.79 Å². The van der Waals surface area contributed by atoms with Crippen LogP contribution in [0, 0.1) is 0 Å². The average molecular weight is 287 g/mol. The van der Waals surface area contributed by atoms with Crippen LogP contribution < -0.4 is 4.74 Å². The highest BCUT2D eigenvalue weighted by Crippen LogP contribution is 2.26. The lowest BCUT2D eigenvalue weighted by atomic mass is 10.1. The number of ether oxygens (including phenoxy) is 1. The van der Waals surface area contributed by atoms with Crippen LogP contribution in [0.5, 0.6) is 5.75 Å². The number of rotatable bonds is 6. The number of aliphatic carboxylic acids is 1. The Kier molecular flexibility index (Phi) is 5.32. The van der Waals surface area contributed by atoms with Crippen molar-refractivity contribution in [3.63, 3.8) is 0 Å². The van der Waals surface area contributed by atoms with Gasteiger partial charge in [0.1, 0.15) is 5.75 Å². The molecule has 0 heterocycles. The monoisotopic (exact) mass is 286 g/mol. The minimum atomic E-state index is -0.776. The molecule has 0 radical (unpaired) electrons. The fourth-order valence-electron chi connectivity index (χ4n) is 1.28. The van der Waals surface area contributed by atoms with E-state index < -0.39 is 5.97 Å². The molecule has 1 N–H and O–H groups in total. The van der Waals surface area contributed by atoms with Crippen LogP contribution in [-0.2, 0) is 11.2 Å². The van der Waals surface area contributed by atoms with Crippen molar-refractivity contribution in [2.75, 3.05) is 6.61 Å². The fraction of sp³-hybridized carbons (Fsp3) is 0.417. The Morgan fingerprint density at radius 1 is 1.50 bits per heavy atom. The molecule has 0 saturated heterocycles. The molecule has 0 atom stereocenters. The highest BCUT2D eigenvalue weighted by Gasteiger charge is 2.04. The molecule has 0 spiro atoms. The number of halogens is 1. The zero-order valence-electron chi connectivity index (χ0n) is 9.20. The van der Waals surface area contributed by atoms with Crippen molar-refractivity contribution in [2.45, 2.75) is 26.2 Å². The van der Waals surface area contributed by atoms with Gasteiger partial charge in [0.15, 0.2) is 0 Å². The molecular formula is C12H15BrO3. The minimum Gasteiger partial charge on any atom is -0.492 e. The van der Waals surface area contributed by atoms with E-state index in [1.54, 1.807) is 0 Å². The molecular weight excluding hydrogens is 272 g/mol. The van der Waals surface area contributed by atoms with Crippen LogP contribution in [0.15, 0.2) is 22.7 Å². The number of carbonyl (C=O) groups is 1. The quantitative estimate of drug-likeness (QED) is 0.873. The third-order valence-electron chi connectivity index (χ3n) is 2.09. The SMILES string of the molecule is CCCOc1ccc(CCC(=O)O)cc1Br. The van der Waals surface area contributed by atoms with Gasteiger partial charge >= 0.3 is 5.97 Å². The van der Waals surface area contributed by atoms with Crippen molar-refractivity contribution in [3.8, 4) is 5.75 Å². The lowest BCUT2D eigenvalue weighted by Gasteiger charge is -2.08. The summed E-state index contributed by atoms with van der Waals surface area (Å²) in [6.07, 6.45) is 1.66. The topological polar surface area (TPSA) is 46.5 Å². The molecule has 0 amide bonds. The Morgan fingerprint density at radius 2 is 2.25 bits per heavy atom. The first kappa shape index (κ1) is 13.0. The van der Waals surface area contributed by atoms with Gasteiger partial charge in [-0.2, -0.15) is 0 Å². The predicted octanol–water partition coefficient (Wildman–Crippen LogP) is 3.26. The molecule has 0 fully saturated rings. The van der Waals surface area contributed by atoms with Crippen LogP contribution in [-0.4, -0.2) is 17.7 Å². The van der Waals surface area contributed by atoms with Crippen molar-refractivity contribution < 1.29 is 14.6 Å². The van der Waals surface area contributed by atoms with E-state index in [0.29, 0.717) is 13.0 Å². The molecule has 16 heavy (non-hydrogen) atoms. The van der Waals surface area contributed by atoms with E-state index in [-0.39, 0.29) is 6.42 Å². The summed E-state index contributed by atoms with van der Waals surface area (Å²) in [6.45, 7) is 2.74. The van der Waals surface area contributed by atoms with Gasteiger partial charge in [-0.05, 0) is 46.5 Å². The zero-order chi connectivity index (χ0) is 12.0. The first-order valence-corrected chi connectivity index (χ1v) is 6.05. The van der Waals surface area contributed by atoms with Crippen LogP contribution in [0.1, 0.15) is 25.3 Å². The van der Waals surface area contributed by atoms with E-state index >= 15 is 0 Å². The molecule has 1 aromatic rings. The smallest absolute Gasteiger partial charge is 0.303 e. The van der Waals surface area contributed by atoms with E-state index in [4.69, 9.17) is 9.84 Å². The van der Waals surface area contributed by atoms with Crippen molar-refractivity contribution in [2.24, 2.45) is 0 Å². The number of benzene rings is 1. The number of aryl methyl sites for hydroxylation is 1. The van der Waals surface area contributed by atoms with Crippen LogP contribution >= 0.6 is 15.9 Å². The van der Waals surface area contributed by atoms with Crippen molar-refractivity contribution >= 4 is 21.9 Å². The van der Waals surface area contributed by atoms with Gasteiger partial charge in [0.2, 0.25) is 0 Å². The van der Waals surface area contributed by atoms with E-state index in [1.165, 1.54) is 0 Å². The van der Waals surface area contributed by atoms with Crippen molar-refractivity contribution in [1.29, 1.82) is 0 Å². The van der Waals surface area contributed by atoms with Gasteiger partial charge in [0.25, 0.3) is 0 Å². The maximum absolute atomic E-state index is 10.4. The van der Waals surface area contributed by atoms with Gasteiger partial charge in [0, 0.05) is 6.42 Å². The Morgan fingerprint density at radius 3 is 2.81 bits per heavy atom. The number of hydrogen-bond acceptors (Lipinski definition) is 2. The molecule has 0 saturated carbocycles. The Hall–Kier alpha value is -1.03. The number of carboxylic acid groups (broad SMARTS) is 1.